The molecule has 5 nitrogen and oxygen atoms in total. The van der Waals surface area contributed by atoms with Crippen molar-refractivity contribution in [2.45, 2.75) is 46.5 Å². The fraction of sp³-hybridized carbons (Fsp3) is 0.385. The van der Waals surface area contributed by atoms with Gasteiger partial charge in [-0.25, -0.2) is 0 Å². The molecule has 2 aromatic rings. The number of carbonyl (C=O) groups excluding carboxylic acids is 2. The number of nitrogens with one attached hydrogen (secondary N) is 1. The lowest BCUT2D eigenvalue weighted by molar-refractivity contribution is -0.142. The zero-order valence-electron chi connectivity index (χ0n) is 18.9. The molecule has 0 atom stereocenters. The lowest BCUT2D eigenvalue weighted by Crippen LogP contribution is -2.28. The minimum absolute atomic E-state index is 0.120. The summed E-state index contributed by atoms with van der Waals surface area (Å²) in [6.45, 7) is 6.86. The highest BCUT2D eigenvalue weighted by molar-refractivity contribution is 6.32. The number of fused-ring (bicyclic) bond motifs is 1. The van der Waals surface area contributed by atoms with Gasteiger partial charge in [0.15, 0.2) is 0 Å². The molecule has 1 amide bonds. The largest absolute Gasteiger partial charge is 0.494 e. The van der Waals surface area contributed by atoms with Gasteiger partial charge in [0.05, 0.1) is 19.6 Å². The predicted molar refractivity (Wildman–Crippen MR) is 127 cm³/mol. The average molecular weight is 456 g/mol. The molecule has 0 aromatic heterocycles. The van der Waals surface area contributed by atoms with E-state index in [2.05, 4.69) is 17.4 Å². The third-order valence-electron chi connectivity index (χ3n) is 5.52. The van der Waals surface area contributed by atoms with Crippen LogP contribution < -0.4 is 10.1 Å². The second-order valence-electron chi connectivity index (χ2n) is 7.93. The van der Waals surface area contributed by atoms with Gasteiger partial charge in [-0.1, -0.05) is 35.9 Å². The van der Waals surface area contributed by atoms with E-state index in [1.54, 1.807) is 6.92 Å². The smallest absolute Gasteiger partial charge is 0.307 e. The Balaban J connectivity index is 1.62. The van der Waals surface area contributed by atoms with Crippen LogP contribution >= 0.6 is 11.6 Å². The third-order valence-corrected chi connectivity index (χ3v) is 6.11. The van der Waals surface area contributed by atoms with Crippen molar-refractivity contribution < 1.29 is 19.1 Å². The summed E-state index contributed by atoms with van der Waals surface area (Å²) in [5.74, 6) is 0.383. The predicted octanol–water partition coefficient (Wildman–Crippen LogP) is 5.20. The van der Waals surface area contributed by atoms with Crippen LogP contribution in [0.15, 0.2) is 42.0 Å². The summed E-state index contributed by atoms with van der Waals surface area (Å²) in [7, 11) is 0. The summed E-state index contributed by atoms with van der Waals surface area (Å²) in [6.07, 6.45) is 2.29. The Hall–Kier alpha value is -2.79. The van der Waals surface area contributed by atoms with Crippen LogP contribution in [0.1, 0.15) is 48.4 Å². The maximum atomic E-state index is 12.9. The molecule has 0 fully saturated rings. The highest BCUT2D eigenvalue weighted by Gasteiger charge is 2.25. The van der Waals surface area contributed by atoms with Crippen LogP contribution in [0.25, 0.3) is 5.57 Å². The number of esters is 1. The number of ether oxygens (including phenoxy) is 2. The zero-order valence-corrected chi connectivity index (χ0v) is 19.7. The maximum absolute atomic E-state index is 12.9. The molecule has 0 saturated heterocycles. The molecule has 1 aliphatic rings. The lowest BCUT2D eigenvalue weighted by Gasteiger charge is -2.12. The number of amides is 1. The number of carbonyl (C=O) groups is 2. The van der Waals surface area contributed by atoms with Crippen molar-refractivity contribution in [2.75, 3.05) is 19.8 Å². The van der Waals surface area contributed by atoms with Crippen molar-refractivity contribution in [3.63, 3.8) is 0 Å². The second kappa shape index (κ2) is 11.2. The number of aryl methyl sites for hydroxylation is 2. The molecule has 3 rings (SSSR count). The summed E-state index contributed by atoms with van der Waals surface area (Å²) in [6, 6.07) is 12.0. The van der Waals surface area contributed by atoms with E-state index in [0.717, 1.165) is 57.0 Å². The van der Waals surface area contributed by atoms with Gasteiger partial charge in [0.1, 0.15) is 5.75 Å². The van der Waals surface area contributed by atoms with Crippen LogP contribution in [-0.4, -0.2) is 31.6 Å². The van der Waals surface area contributed by atoms with Crippen molar-refractivity contribution in [1.29, 1.82) is 0 Å². The van der Waals surface area contributed by atoms with Crippen molar-refractivity contribution in [2.24, 2.45) is 0 Å². The topological polar surface area (TPSA) is 64.6 Å². The SMILES string of the molecule is CCOC(=O)CCNC(=O)C1=C(CCCOc2cc(C)c(Cl)c(C)c2)c2ccccc2C1. The van der Waals surface area contributed by atoms with Gasteiger partial charge in [0, 0.05) is 23.6 Å². The molecule has 0 saturated carbocycles. The summed E-state index contributed by atoms with van der Waals surface area (Å²) in [5.41, 5.74) is 6.10. The Labute approximate surface area is 194 Å². The summed E-state index contributed by atoms with van der Waals surface area (Å²) in [4.78, 5) is 24.4. The Bertz CT molecular complexity index is 1010. The molecule has 0 heterocycles. The standard InChI is InChI=1S/C26H30ClNO4/c1-4-31-24(29)11-12-28-26(30)23-16-19-8-5-6-9-21(19)22(23)10-7-13-32-20-14-17(2)25(27)18(3)15-20/h5-6,8-9,14-15H,4,7,10-13,16H2,1-3H3,(H,28,30). The molecule has 0 spiro atoms. The molecule has 0 aliphatic heterocycles. The molecule has 1 aliphatic carbocycles. The van der Waals surface area contributed by atoms with Gasteiger partial charge in [0.25, 0.3) is 0 Å². The molecule has 6 heteroatoms. The van der Waals surface area contributed by atoms with Crippen LogP contribution in [0, 0.1) is 13.8 Å². The Morgan fingerprint density at radius 1 is 1.12 bits per heavy atom. The van der Waals surface area contributed by atoms with Gasteiger partial charge in [0.2, 0.25) is 5.91 Å². The van der Waals surface area contributed by atoms with Gasteiger partial charge in [-0.3, -0.25) is 9.59 Å². The average Bonchev–Trinajstić information content (AvgIpc) is 3.14. The van der Waals surface area contributed by atoms with Crippen molar-refractivity contribution in [1.82, 2.24) is 5.32 Å². The highest BCUT2D eigenvalue weighted by atomic mass is 35.5. The molecule has 170 valence electrons. The Morgan fingerprint density at radius 3 is 2.56 bits per heavy atom. The van der Waals surface area contributed by atoms with Crippen LogP contribution in [0.3, 0.4) is 0 Å². The minimum atomic E-state index is -0.304. The minimum Gasteiger partial charge on any atom is -0.494 e. The molecule has 2 aromatic carbocycles. The molecular weight excluding hydrogens is 426 g/mol. The fourth-order valence-corrected chi connectivity index (χ4v) is 4.09. The summed E-state index contributed by atoms with van der Waals surface area (Å²) < 4.78 is 10.9. The second-order valence-corrected chi connectivity index (χ2v) is 8.30. The van der Waals surface area contributed by atoms with Crippen molar-refractivity contribution >= 4 is 29.1 Å². The molecule has 1 N–H and O–H groups in total. The number of allylic oxidation sites excluding steroid dienone is 1. The van der Waals surface area contributed by atoms with E-state index in [9.17, 15) is 9.59 Å². The number of hydrogen-bond acceptors (Lipinski definition) is 4. The number of rotatable bonds is 10. The molecule has 0 bridgehead atoms. The molecule has 0 radical (unpaired) electrons. The Kier molecular flexibility index (Phi) is 8.34. The zero-order chi connectivity index (χ0) is 23.1. The lowest BCUT2D eigenvalue weighted by atomic mass is 10.0. The Morgan fingerprint density at radius 2 is 1.84 bits per heavy atom. The van der Waals surface area contributed by atoms with Gasteiger partial charge >= 0.3 is 5.97 Å². The van der Waals surface area contributed by atoms with Gasteiger partial charge in [-0.15, -0.1) is 0 Å². The fourth-order valence-electron chi connectivity index (χ4n) is 3.98. The van der Waals surface area contributed by atoms with Crippen molar-refractivity contribution in [3.8, 4) is 5.75 Å². The summed E-state index contributed by atoms with van der Waals surface area (Å²) >= 11 is 6.23. The normalized spacial score (nSPS) is 12.5. The van der Waals surface area contributed by atoms with Crippen LogP contribution in [-0.2, 0) is 20.7 Å². The number of halogens is 1. The monoisotopic (exact) mass is 455 g/mol. The first-order valence-corrected chi connectivity index (χ1v) is 11.4. The van der Waals surface area contributed by atoms with Gasteiger partial charge < -0.3 is 14.8 Å². The van der Waals surface area contributed by atoms with Crippen LogP contribution in [0.2, 0.25) is 5.02 Å². The number of hydrogen-bond donors (Lipinski definition) is 1. The van der Waals surface area contributed by atoms with E-state index in [4.69, 9.17) is 21.1 Å². The number of benzene rings is 2. The first-order valence-electron chi connectivity index (χ1n) is 11.0. The third kappa shape index (κ3) is 5.92. The van der Waals surface area contributed by atoms with E-state index in [1.165, 1.54) is 0 Å². The van der Waals surface area contributed by atoms with Crippen LogP contribution in [0.5, 0.6) is 5.75 Å². The van der Waals surface area contributed by atoms with E-state index in [-0.39, 0.29) is 24.8 Å². The summed E-state index contributed by atoms with van der Waals surface area (Å²) in [5, 5.41) is 3.64. The van der Waals surface area contributed by atoms with Gasteiger partial charge in [-0.05, 0) is 73.6 Å². The van der Waals surface area contributed by atoms with Crippen LogP contribution in [0.4, 0.5) is 0 Å². The van der Waals surface area contributed by atoms with Crippen molar-refractivity contribution in [3.05, 3.63) is 69.2 Å². The first-order chi connectivity index (χ1) is 15.4. The first kappa shape index (κ1) is 23.9. The molecular formula is C26H30ClNO4. The quantitative estimate of drug-likeness (QED) is 0.395. The van der Waals surface area contributed by atoms with E-state index >= 15 is 0 Å². The van der Waals surface area contributed by atoms with E-state index < -0.39 is 0 Å². The maximum Gasteiger partial charge on any atom is 0.307 e. The highest BCUT2D eigenvalue weighted by Crippen LogP contribution is 2.36. The van der Waals surface area contributed by atoms with Gasteiger partial charge in [-0.2, -0.15) is 0 Å². The molecule has 32 heavy (non-hydrogen) atoms. The van der Waals surface area contributed by atoms with E-state index in [1.807, 2.05) is 38.1 Å². The van der Waals surface area contributed by atoms with E-state index in [0.29, 0.717) is 19.6 Å². The molecule has 0 unspecified atom stereocenters.